The van der Waals surface area contributed by atoms with E-state index in [1.165, 1.54) is 6.20 Å². The summed E-state index contributed by atoms with van der Waals surface area (Å²) in [5.74, 6) is 0. The number of rotatable bonds is 1. The molecule has 0 saturated heterocycles. The van der Waals surface area contributed by atoms with Crippen molar-refractivity contribution >= 4 is 22.4 Å². The van der Waals surface area contributed by atoms with Gasteiger partial charge >= 0.3 is 0 Å². The second-order valence-corrected chi connectivity index (χ2v) is 4.32. The van der Waals surface area contributed by atoms with Gasteiger partial charge in [-0.25, -0.2) is 0 Å². The minimum atomic E-state index is 0.365. The third-order valence-electron chi connectivity index (χ3n) is 2.78. The first-order chi connectivity index (χ1) is 9.29. The average Bonchev–Trinajstić information content (AvgIpc) is 2.48. The standard InChI is InChI=1S/C14H7ClN4/c15-14-12-4-2-1-3-11(12)13(18-19-14)10-5-9(6-16)7-17-8-10/h1-5,7-8H. The Hall–Kier alpha value is -2.51. The van der Waals surface area contributed by atoms with Crippen LogP contribution in [-0.4, -0.2) is 15.2 Å². The number of nitriles is 1. The van der Waals surface area contributed by atoms with Crippen LogP contribution in [0.3, 0.4) is 0 Å². The molecule has 0 unspecified atom stereocenters. The van der Waals surface area contributed by atoms with Gasteiger partial charge in [-0.3, -0.25) is 4.98 Å². The van der Waals surface area contributed by atoms with Gasteiger partial charge < -0.3 is 0 Å². The minimum absolute atomic E-state index is 0.365. The second kappa shape index (κ2) is 4.63. The molecule has 0 spiro atoms. The Kier molecular flexibility index (Phi) is 2.82. The smallest absolute Gasteiger partial charge is 0.159 e. The predicted octanol–water partition coefficient (Wildman–Crippen LogP) is 3.22. The Morgan fingerprint density at radius 2 is 1.84 bits per heavy atom. The van der Waals surface area contributed by atoms with Crippen molar-refractivity contribution in [3.05, 3.63) is 53.4 Å². The van der Waals surface area contributed by atoms with E-state index >= 15 is 0 Å². The Balaban J connectivity index is 2.31. The van der Waals surface area contributed by atoms with E-state index < -0.39 is 0 Å². The molecule has 0 N–H and O–H groups in total. The van der Waals surface area contributed by atoms with Crippen LogP contribution in [0, 0.1) is 11.3 Å². The zero-order valence-corrected chi connectivity index (χ0v) is 10.5. The number of nitrogens with zero attached hydrogens (tertiary/aromatic N) is 4. The normalized spacial score (nSPS) is 10.3. The van der Waals surface area contributed by atoms with Crippen LogP contribution in [0.25, 0.3) is 22.0 Å². The van der Waals surface area contributed by atoms with Crippen LogP contribution in [-0.2, 0) is 0 Å². The second-order valence-electron chi connectivity index (χ2n) is 3.96. The molecule has 19 heavy (non-hydrogen) atoms. The molecule has 90 valence electrons. The number of hydrogen-bond acceptors (Lipinski definition) is 4. The van der Waals surface area contributed by atoms with Crippen LogP contribution in [0.1, 0.15) is 5.56 Å². The van der Waals surface area contributed by atoms with Gasteiger partial charge in [0.25, 0.3) is 0 Å². The maximum Gasteiger partial charge on any atom is 0.159 e. The SMILES string of the molecule is N#Cc1cncc(-c2nnc(Cl)c3ccccc23)c1. The molecule has 3 rings (SSSR count). The first-order valence-electron chi connectivity index (χ1n) is 5.56. The number of halogens is 1. The molecule has 0 aliphatic heterocycles. The largest absolute Gasteiger partial charge is 0.263 e. The van der Waals surface area contributed by atoms with E-state index in [4.69, 9.17) is 16.9 Å². The van der Waals surface area contributed by atoms with Crippen molar-refractivity contribution in [2.45, 2.75) is 0 Å². The third kappa shape index (κ3) is 2.01. The highest BCUT2D eigenvalue weighted by atomic mass is 35.5. The molecule has 0 aliphatic rings. The van der Waals surface area contributed by atoms with Crippen molar-refractivity contribution in [1.82, 2.24) is 15.2 Å². The zero-order valence-electron chi connectivity index (χ0n) is 9.71. The molecule has 0 atom stereocenters. The molecule has 4 nitrogen and oxygen atoms in total. The number of hydrogen-bond donors (Lipinski definition) is 0. The van der Waals surface area contributed by atoms with E-state index in [1.54, 1.807) is 12.3 Å². The molecule has 0 saturated carbocycles. The molecule has 2 heterocycles. The lowest BCUT2D eigenvalue weighted by Gasteiger charge is -2.05. The fourth-order valence-electron chi connectivity index (χ4n) is 1.91. The van der Waals surface area contributed by atoms with E-state index in [0.717, 1.165) is 16.3 Å². The highest BCUT2D eigenvalue weighted by Gasteiger charge is 2.10. The lowest BCUT2D eigenvalue weighted by Crippen LogP contribution is -1.92. The van der Waals surface area contributed by atoms with Gasteiger partial charge in [0.1, 0.15) is 11.8 Å². The van der Waals surface area contributed by atoms with Crippen molar-refractivity contribution in [2.75, 3.05) is 0 Å². The first kappa shape index (κ1) is 11.6. The molecular formula is C14H7ClN4. The summed E-state index contributed by atoms with van der Waals surface area (Å²) in [5, 5.41) is 19.1. The van der Waals surface area contributed by atoms with Gasteiger partial charge in [-0.1, -0.05) is 35.9 Å². The van der Waals surface area contributed by atoms with Crippen LogP contribution >= 0.6 is 11.6 Å². The zero-order chi connectivity index (χ0) is 13.2. The van der Waals surface area contributed by atoms with Gasteiger partial charge in [0.05, 0.1) is 5.56 Å². The van der Waals surface area contributed by atoms with Crippen LogP contribution in [0.4, 0.5) is 0 Å². The number of benzene rings is 1. The molecule has 0 fully saturated rings. The van der Waals surface area contributed by atoms with Gasteiger partial charge in [0.2, 0.25) is 0 Å². The van der Waals surface area contributed by atoms with Crippen LogP contribution in [0.15, 0.2) is 42.7 Å². The highest BCUT2D eigenvalue weighted by Crippen LogP contribution is 2.29. The van der Waals surface area contributed by atoms with Crippen molar-refractivity contribution < 1.29 is 0 Å². The Labute approximate surface area is 114 Å². The summed E-state index contributed by atoms with van der Waals surface area (Å²) >= 11 is 6.03. The van der Waals surface area contributed by atoms with Gasteiger partial charge in [0.15, 0.2) is 5.15 Å². The summed E-state index contributed by atoms with van der Waals surface area (Å²) < 4.78 is 0. The topological polar surface area (TPSA) is 62.5 Å². The molecule has 0 radical (unpaired) electrons. The molecule has 1 aromatic carbocycles. The maximum atomic E-state index is 8.92. The molecule has 0 bridgehead atoms. The third-order valence-corrected chi connectivity index (χ3v) is 3.06. The van der Waals surface area contributed by atoms with Crippen molar-refractivity contribution in [3.8, 4) is 17.3 Å². The molecule has 5 heteroatoms. The van der Waals surface area contributed by atoms with Crippen LogP contribution in [0.5, 0.6) is 0 Å². The molecule has 0 amide bonds. The monoisotopic (exact) mass is 266 g/mol. The van der Waals surface area contributed by atoms with E-state index in [0.29, 0.717) is 16.4 Å². The van der Waals surface area contributed by atoms with Crippen LogP contribution < -0.4 is 0 Å². The highest BCUT2D eigenvalue weighted by molar-refractivity contribution is 6.34. The van der Waals surface area contributed by atoms with Gasteiger partial charge in [0, 0.05) is 28.7 Å². The number of fused-ring (bicyclic) bond motifs is 1. The number of pyridine rings is 1. The summed E-state index contributed by atoms with van der Waals surface area (Å²) in [7, 11) is 0. The quantitative estimate of drug-likeness (QED) is 0.678. The maximum absolute atomic E-state index is 8.92. The van der Waals surface area contributed by atoms with E-state index in [9.17, 15) is 0 Å². The van der Waals surface area contributed by atoms with E-state index in [1.807, 2.05) is 24.3 Å². The Morgan fingerprint density at radius 3 is 2.63 bits per heavy atom. The van der Waals surface area contributed by atoms with Crippen molar-refractivity contribution in [3.63, 3.8) is 0 Å². The lowest BCUT2D eigenvalue weighted by molar-refractivity contribution is 1.05. The van der Waals surface area contributed by atoms with Gasteiger partial charge in [-0.05, 0) is 6.07 Å². The Morgan fingerprint density at radius 1 is 1.05 bits per heavy atom. The van der Waals surface area contributed by atoms with E-state index in [2.05, 4.69) is 21.3 Å². The first-order valence-corrected chi connectivity index (χ1v) is 5.94. The molecule has 0 aliphatic carbocycles. The summed E-state index contributed by atoms with van der Waals surface area (Å²) in [4.78, 5) is 4.04. The van der Waals surface area contributed by atoms with E-state index in [-0.39, 0.29) is 0 Å². The summed E-state index contributed by atoms with van der Waals surface area (Å²) in [5.41, 5.74) is 1.90. The summed E-state index contributed by atoms with van der Waals surface area (Å²) in [6, 6.07) is 11.4. The fourth-order valence-corrected chi connectivity index (χ4v) is 2.12. The molecule has 2 aromatic heterocycles. The minimum Gasteiger partial charge on any atom is -0.263 e. The van der Waals surface area contributed by atoms with Crippen molar-refractivity contribution in [1.29, 1.82) is 5.26 Å². The average molecular weight is 267 g/mol. The van der Waals surface area contributed by atoms with Crippen molar-refractivity contribution in [2.24, 2.45) is 0 Å². The fraction of sp³-hybridized carbons (Fsp3) is 0. The van der Waals surface area contributed by atoms with Gasteiger partial charge in [-0.15, -0.1) is 10.2 Å². The predicted molar refractivity (Wildman–Crippen MR) is 72.5 cm³/mol. The van der Waals surface area contributed by atoms with Crippen LogP contribution in [0.2, 0.25) is 5.15 Å². The lowest BCUT2D eigenvalue weighted by atomic mass is 10.1. The molecule has 3 aromatic rings. The number of aromatic nitrogens is 3. The summed E-state index contributed by atoms with van der Waals surface area (Å²) in [6.07, 6.45) is 3.17. The van der Waals surface area contributed by atoms with Gasteiger partial charge in [-0.2, -0.15) is 5.26 Å². The summed E-state index contributed by atoms with van der Waals surface area (Å²) in [6.45, 7) is 0. The Bertz CT molecular complexity index is 808. The molecular weight excluding hydrogens is 260 g/mol.